The number of nitrogens with zero attached hydrogens (tertiary/aromatic N) is 3. The van der Waals surface area contributed by atoms with Crippen molar-refractivity contribution in [1.82, 2.24) is 9.80 Å². The molecular formula is C10H17N3O. The Bertz CT molecular complexity index is 246. The van der Waals surface area contributed by atoms with Crippen molar-refractivity contribution < 1.29 is 4.79 Å². The van der Waals surface area contributed by atoms with E-state index in [4.69, 9.17) is 5.26 Å². The highest BCUT2D eigenvalue weighted by atomic mass is 16.2. The summed E-state index contributed by atoms with van der Waals surface area (Å²) in [5.74, 6) is 0.0375. The first-order chi connectivity index (χ1) is 6.67. The van der Waals surface area contributed by atoms with Gasteiger partial charge in [-0.2, -0.15) is 5.26 Å². The van der Waals surface area contributed by atoms with Gasteiger partial charge in [0, 0.05) is 26.1 Å². The van der Waals surface area contributed by atoms with Crippen molar-refractivity contribution in [2.24, 2.45) is 5.92 Å². The van der Waals surface area contributed by atoms with Gasteiger partial charge in [-0.15, -0.1) is 0 Å². The molecular weight excluding hydrogens is 178 g/mol. The fourth-order valence-electron chi connectivity index (χ4n) is 1.52. The molecule has 1 atom stereocenters. The molecule has 78 valence electrons. The van der Waals surface area contributed by atoms with Crippen molar-refractivity contribution in [3.8, 4) is 6.07 Å². The second-order valence-corrected chi connectivity index (χ2v) is 3.77. The van der Waals surface area contributed by atoms with E-state index in [1.807, 2.05) is 7.05 Å². The van der Waals surface area contributed by atoms with Crippen LogP contribution in [0.5, 0.6) is 0 Å². The number of hydrogen-bond donors (Lipinski definition) is 0. The highest BCUT2D eigenvalue weighted by molar-refractivity contribution is 5.79. The Kier molecular flexibility index (Phi) is 3.90. The molecule has 4 nitrogen and oxygen atoms in total. The molecule has 1 amide bonds. The number of likely N-dealkylation sites (N-methyl/N-ethyl adjacent to an activating group) is 1. The molecule has 0 aromatic heterocycles. The summed E-state index contributed by atoms with van der Waals surface area (Å²) in [7, 11) is 2.03. The summed E-state index contributed by atoms with van der Waals surface area (Å²) >= 11 is 0. The van der Waals surface area contributed by atoms with Gasteiger partial charge in [0.05, 0.1) is 12.0 Å². The molecule has 1 rings (SSSR count). The van der Waals surface area contributed by atoms with Crippen LogP contribution < -0.4 is 0 Å². The second-order valence-electron chi connectivity index (χ2n) is 3.77. The predicted molar refractivity (Wildman–Crippen MR) is 53.5 cm³/mol. The van der Waals surface area contributed by atoms with Crippen LogP contribution >= 0.6 is 0 Å². The molecule has 0 radical (unpaired) electrons. The van der Waals surface area contributed by atoms with Crippen molar-refractivity contribution in [3.63, 3.8) is 0 Å². The first-order valence-electron chi connectivity index (χ1n) is 5.03. The molecule has 0 N–H and O–H groups in total. The van der Waals surface area contributed by atoms with Crippen LogP contribution in [0.1, 0.15) is 13.3 Å². The predicted octanol–water partition coefficient (Wildman–Crippen LogP) is 0.310. The van der Waals surface area contributed by atoms with E-state index in [1.165, 1.54) is 0 Å². The van der Waals surface area contributed by atoms with Gasteiger partial charge >= 0.3 is 0 Å². The standard InChI is InChI=1S/C10H17N3O/c1-3-12(2)4-5-13-8-9(7-11)6-10(13)14/h9H,3-6,8H2,1-2H3. The van der Waals surface area contributed by atoms with Gasteiger partial charge in [0.15, 0.2) is 0 Å². The number of nitriles is 1. The first-order valence-corrected chi connectivity index (χ1v) is 5.03. The van der Waals surface area contributed by atoms with Gasteiger partial charge in [-0.05, 0) is 13.6 Å². The van der Waals surface area contributed by atoms with Gasteiger partial charge in [-0.25, -0.2) is 0 Å². The lowest BCUT2D eigenvalue weighted by Crippen LogP contribution is -2.34. The monoisotopic (exact) mass is 195 g/mol. The maximum atomic E-state index is 11.4. The van der Waals surface area contributed by atoms with Crippen LogP contribution in [0.2, 0.25) is 0 Å². The number of rotatable bonds is 4. The molecule has 0 bridgehead atoms. The number of carbonyl (C=O) groups excluding carboxylic acids is 1. The number of hydrogen-bond acceptors (Lipinski definition) is 3. The van der Waals surface area contributed by atoms with E-state index in [0.29, 0.717) is 13.0 Å². The summed E-state index contributed by atoms with van der Waals surface area (Å²) in [5.41, 5.74) is 0. The minimum Gasteiger partial charge on any atom is -0.340 e. The van der Waals surface area contributed by atoms with Crippen LogP contribution in [0.3, 0.4) is 0 Å². The van der Waals surface area contributed by atoms with Gasteiger partial charge in [-0.3, -0.25) is 4.79 Å². The Morgan fingerprint density at radius 3 is 2.93 bits per heavy atom. The molecule has 0 aromatic rings. The van der Waals surface area contributed by atoms with Crippen molar-refractivity contribution in [1.29, 1.82) is 5.26 Å². The fourth-order valence-corrected chi connectivity index (χ4v) is 1.52. The van der Waals surface area contributed by atoms with Crippen LogP contribution in [0.25, 0.3) is 0 Å². The molecule has 14 heavy (non-hydrogen) atoms. The average Bonchev–Trinajstić information content (AvgIpc) is 2.55. The average molecular weight is 195 g/mol. The normalized spacial score (nSPS) is 21.7. The lowest BCUT2D eigenvalue weighted by Gasteiger charge is -2.20. The lowest BCUT2D eigenvalue weighted by atomic mass is 10.1. The first kappa shape index (κ1) is 11.0. The Morgan fingerprint density at radius 2 is 2.43 bits per heavy atom. The van der Waals surface area contributed by atoms with Crippen LogP contribution in [0.15, 0.2) is 0 Å². The number of likely N-dealkylation sites (tertiary alicyclic amines) is 1. The molecule has 0 spiro atoms. The zero-order chi connectivity index (χ0) is 10.6. The summed E-state index contributed by atoms with van der Waals surface area (Å²) in [6.07, 6.45) is 0.409. The summed E-state index contributed by atoms with van der Waals surface area (Å²) in [4.78, 5) is 15.4. The lowest BCUT2D eigenvalue weighted by molar-refractivity contribution is -0.127. The van der Waals surface area contributed by atoms with Gasteiger partial charge in [0.1, 0.15) is 0 Å². The van der Waals surface area contributed by atoms with E-state index in [0.717, 1.165) is 19.6 Å². The zero-order valence-electron chi connectivity index (χ0n) is 8.86. The maximum Gasteiger partial charge on any atom is 0.224 e. The summed E-state index contributed by atoms with van der Waals surface area (Å²) in [6, 6.07) is 2.15. The molecule has 1 aliphatic rings. The fraction of sp³-hybridized carbons (Fsp3) is 0.800. The molecule has 0 saturated carbocycles. The molecule has 1 fully saturated rings. The highest BCUT2D eigenvalue weighted by Crippen LogP contribution is 2.15. The van der Waals surface area contributed by atoms with Gasteiger partial charge < -0.3 is 9.80 Å². The number of amides is 1. The minimum absolute atomic E-state index is 0.0885. The SMILES string of the molecule is CCN(C)CCN1CC(C#N)CC1=O. The largest absolute Gasteiger partial charge is 0.340 e. The van der Waals surface area contributed by atoms with Crippen LogP contribution in [-0.2, 0) is 4.79 Å². The Labute approximate surface area is 85.1 Å². The van der Waals surface area contributed by atoms with Crippen LogP contribution in [0, 0.1) is 17.2 Å². The van der Waals surface area contributed by atoms with E-state index < -0.39 is 0 Å². The van der Waals surface area contributed by atoms with Crippen LogP contribution in [-0.4, -0.2) is 48.9 Å². The molecule has 4 heteroatoms. The van der Waals surface area contributed by atoms with Gasteiger partial charge in [0.25, 0.3) is 0 Å². The van der Waals surface area contributed by atoms with E-state index in [-0.39, 0.29) is 11.8 Å². The zero-order valence-corrected chi connectivity index (χ0v) is 8.86. The molecule has 1 aliphatic heterocycles. The van der Waals surface area contributed by atoms with E-state index in [1.54, 1.807) is 4.90 Å². The molecule has 0 aliphatic carbocycles. The van der Waals surface area contributed by atoms with Crippen molar-refractivity contribution in [2.75, 3.05) is 33.2 Å². The quantitative estimate of drug-likeness (QED) is 0.648. The summed E-state index contributed by atoms with van der Waals surface area (Å²) in [5, 5.41) is 8.69. The number of carbonyl (C=O) groups is 1. The van der Waals surface area contributed by atoms with E-state index in [2.05, 4.69) is 17.9 Å². The Morgan fingerprint density at radius 1 is 1.71 bits per heavy atom. The van der Waals surface area contributed by atoms with Crippen molar-refractivity contribution in [3.05, 3.63) is 0 Å². The summed E-state index contributed by atoms with van der Waals surface area (Å²) in [6.45, 7) is 5.34. The molecule has 0 aromatic carbocycles. The Balaban J connectivity index is 2.33. The second kappa shape index (κ2) is 4.97. The minimum atomic E-state index is -0.0885. The third kappa shape index (κ3) is 2.71. The summed E-state index contributed by atoms with van der Waals surface area (Å²) < 4.78 is 0. The van der Waals surface area contributed by atoms with Gasteiger partial charge in [0.2, 0.25) is 5.91 Å². The third-order valence-electron chi connectivity index (χ3n) is 2.69. The van der Waals surface area contributed by atoms with E-state index >= 15 is 0 Å². The maximum absolute atomic E-state index is 11.4. The van der Waals surface area contributed by atoms with Crippen LogP contribution in [0.4, 0.5) is 0 Å². The molecule has 1 heterocycles. The Hall–Kier alpha value is -1.08. The third-order valence-corrected chi connectivity index (χ3v) is 2.69. The van der Waals surface area contributed by atoms with Gasteiger partial charge in [-0.1, -0.05) is 6.92 Å². The van der Waals surface area contributed by atoms with E-state index in [9.17, 15) is 4.79 Å². The molecule has 1 unspecified atom stereocenters. The topological polar surface area (TPSA) is 47.3 Å². The van der Waals surface area contributed by atoms with Crippen molar-refractivity contribution in [2.45, 2.75) is 13.3 Å². The molecule has 1 saturated heterocycles. The van der Waals surface area contributed by atoms with Crippen molar-refractivity contribution >= 4 is 5.91 Å². The highest BCUT2D eigenvalue weighted by Gasteiger charge is 2.28. The smallest absolute Gasteiger partial charge is 0.224 e.